The number of para-hydroxylation sites is 1. The monoisotopic (exact) mass is 374 g/mol. The number of fused-ring (bicyclic) bond motifs is 1. The largest absolute Gasteiger partial charge is 0.496 e. The Labute approximate surface area is 163 Å². The van der Waals surface area contributed by atoms with Crippen LogP contribution in [0.25, 0.3) is 33.0 Å². The van der Waals surface area contributed by atoms with Crippen LogP contribution in [0.3, 0.4) is 0 Å². The van der Waals surface area contributed by atoms with Crippen LogP contribution in [0.4, 0.5) is 0 Å². The topological polar surface area (TPSA) is 18.5 Å². The Kier molecular flexibility index (Phi) is 4.74. The van der Waals surface area contributed by atoms with Crippen LogP contribution in [0.2, 0.25) is 5.02 Å². The van der Waals surface area contributed by atoms with E-state index < -0.39 is 0 Å². The predicted octanol–water partition coefficient (Wildman–Crippen LogP) is 6.84. The Balaban J connectivity index is 1.99. The summed E-state index contributed by atoms with van der Waals surface area (Å²) in [5.41, 5.74) is 4.34. The molecule has 4 aromatic carbocycles. The summed E-state index contributed by atoms with van der Waals surface area (Å²) in [5.74, 6) is 1.62. The number of methoxy groups -OCH3 is 2. The number of ether oxygens (including phenoxy) is 2. The first-order valence-corrected chi connectivity index (χ1v) is 9.10. The van der Waals surface area contributed by atoms with Gasteiger partial charge in [0.15, 0.2) is 0 Å². The van der Waals surface area contributed by atoms with Crippen molar-refractivity contribution in [2.45, 2.75) is 0 Å². The molecule has 3 heteroatoms. The quantitative estimate of drug-likeness (QED) is 0.389. The van der Waals surface area contributed by atoms with Gasteiger partial charge in [-0.1, -0.05) is 66.2 Å². The van der Waals surface area contributed by atoms with Crippen LogP contribution in [0.15, 0.2) is 78.9 Å². The van der Waals surface area contributed by atoms with Crippen molar-refractivity contribution >= 4 is 22.4 Å². The minimum Gasteiger partial charge on any atom is -0.496 e. The molecular weight excluding hydrogens is 356 g/mol. The van der Waals surface area contributed by atoms with E-state index in [0.717, 1.165) is 44.5 Å². The van der Waals surface area contributed by atoms with Gasteiger partial charge in [0.1, 0.15) is 11.5 Å². The van der Waals surface area contributed by atoms with Crippen molar-refractivity contribution in [3.05, 3.63) is 83.9 Å². The Morgan fingerprint density at radius 1 is 0.556 bits per heavy atom. The number of hydrogen-bond donors (Lipinski definition) is 0. The van der Waals surface area contributed by atoms with Crippen molar-refractivity contribution in [2.24, 2.45) is 0 Å². The maximum absolute atomic E-state index is 6.15. The molecule has 0 aliphatic rings. The SMILES string of the molecule is COc1ccccc1-c1cccc2c(-c3ccc(Cl)cc3OC)cccc12. The van der Waals surface area contributed by atoms with E-state index >= 15 is 0 Å². The van der Waals surface area contributed by atoms with Gasteiger partial charge in [0.05, 0.1) is 14.2 Å². The van der Waals surface area contributed by atoms with E-state index in [1.165, 1.54) is 0 Å². The molecule has 0 N–H and O–H groups in total. The lowest BCUT2D eigenvalue weighted by Gasteiger charge is -2.15. The zero-order chi connectivity index (χ0) is 18.8. The fourth-order valence-electron chi connectivity index (χ4n) is 3.53. The number of hydrogen-bond acceptors (Lipinski definition) is 2. The summed E-state index contributed by atoms with van der Waals surface area (Å²) in [6.45, 7) is 0. The van der Waals surface area contributed by atoms with Crippen molar-refractivity contribution in [3.63, 3.8) is 0 Å². The van der Waals surface area contributed by atoms with Gasteiger partial charge in [0, 0.05) is 16.1 Å². The molecule has 0 saturated carbocycles. The second kappa shape index (κ2) is 7.34. The van der Waals surface area contributed by atoms with Gasteiger partial charge in [-0.3, -0.25) is 0 Å². The first-order chi connectivity index (χ1) is 13.2. The maximum atomic E-state index is 6.15. The van der Waals surface area contributed by atoms with Gasteiger partial charge in [0.25, 0.3) is 0 Å². The molecule has 0 saturated heterocycles. The van der Waals surface area contributed by atoms with E-state index in [1.54, 1.807) is 14.2 Å². The second-order valence-electron chi connectivity index (χ2n) is 6.25. The summed E-state index contributed by atoms with van der Waals surface area (Å²) in [5, 5.41) is 2.98. The molecule has 0 radical (unpaired) electrons. The third-order valence-electron chi connectivity index (χ3n) is 4.77. The maximum Gasteiger partial charge on any atom is 0.128 e. The van der Waals surface area contributed by atoms with E-state index in [1.807, 2.05) is 36.4 Å². The van der Waals surface area contributed by atoms with Crippen LogP contribution >= 0.6 is 11.6 Å². The molecule has 0 unspecified atom stereocenters. The van der Waals surface area contributed by atoms with Crippen molar-refractivity contribution in [1.82, 2.24) is 0 Å². The molecule has 0 aliphatic carbocycles. The van der Waals surface area contributed by atoms with Gasteiger partial charge in [-0.05, 0) is 46.2 Å². The molecule has 0 aliphatic heterocycles. The van der Waals surface area contributed by atoms with Crippen LogP contribution in [-0.2, 0) is 0 Å². The van der Waals surface area contributed by atoms with Crippen LogP contribution in [-0.4, -0.2) is 14.2 Å². The normalized spacial score (nSPS) is 10.8. The lowest BCUT2D eigenvalue weighted by Crippen LogP contribution is -1.91. The molecule has 0 amide bonds. The van der Waals surface area contributed by atoms with Gasteiger partial charge in [-0.2, -0.15) is 0 Å². The highest BCUT2D eigenvalue weighted by molar-refractivity contribution is 6.30. The molecule has 0 atom stereocenters. The van der Waals surface area contributed by atoms with Gasteiger partial charge < -0.3 is 9.47 Å². The lowest BCUT2D eigenvalue weighted by atomic mass is 9.92. The number of benzene rings is 4. The molecule has 0 spiro atoms. The van der Waals surface area contributed by atoms with Crippen LogP contribution in [0.5, 0.6) is 11.5 Å². The summed E-state index contributed by atoms with van der Waals surface area (Å²) in [6, 6.07) is 26.5. The molecule has 0 bridgehead atoms. The van der Waals surface area contributed by atoms with E-state index in [-0.39, 0.29) is 0 Å². The molecule has 134 valence electrons. The van der Waals surface area contributed by atoms with E-state index in [2.05, 4.69) is 42.5 Å². The Morgan fingerprint density at radius 2 is 1.11 bits per heavy atom. The molecule has 0 aromatic heterocycles. The molecule has 2 nitrogen and oxygen atoms in total. The van der Waals surface area contributed by atoms with E-state index in [0.29, 0.717) is 5.02 Å². The van der Waals surface area contributed by atoms with Crippen LogP contribution in [0, 0.1) is 0 Å². The van der Waals surface area contributed by atoms with Crippen LogP contribution < -0.4 is 9.47 Å². The molecule has 0 heterocycles. The molecule has 27 heavy (non-hydrogen) atoms. The minimum atomic E-state index is 0.658. The number of rotatable bonds is 4. The Hall–Kier alpha value is -2.97. The highest BCUT2D eigenvalue weighted by atomic mass is 35.5. The predicted molar refractivity (Wildman–Crippen MR) is 113 cm³/mol. The minimum absolute atomic E-state index is 0.658. The fourth-order valence-corrected chi connectivity index (χ4v) is 3.70. The third-order valence-corrected chi connectivity index (χ3v) is 5.01. The summed E-state index contributed by atoms with van der Waals surface area (Å²) in [7, 11) is 3.37. The van der Waals surface area contributed by atoms with Crippen molar-refractivity contribution in [3.8, 4) is 33.8 Å². The smallest absolute Gasteiger partial charge is 0.128 e. The van der Waals surface area contributed by atoms with Gasteiger partial charge >= 0.3 is 0 Å². The van der Waals surface area contributed by atoms with E-state index in [4.69, 9.17) is 21.1 Å². The van der Waals surface area contributed by atoms with E-state index in [9.17, 15) is 0 Å². The third kappa shape index (κ3) is 3.13. The average molecular weight is 375 g/mol. The summed E-state index contributed by atoms with van der Waals surface area (Å²) in [4.78, 5) is 0. The highest BCUT2D eigenvalue weighted by Gasteiger charge is 2.13. The highest BCUT2D eigenvalue weighted by Crippen LogP contribution is 2.40. The first kappa shape index (κ1) is 17.4. The Bertz CT molecular complexity index is 1120. The lowest BCUT2D eigenvalue weighted by molar-refractivity contribution is 0.416. The zero-order valence-corrected chi connectivity index (χ0v) is 16.0. The Morgan fingerprint density at radius 3 is 1.74 bits per heavy atom. The number of halogens is 1. The summed E-state index contributed by atoms with van der Waals surface area (Å²) < 4.78 is 11.2. The van der Waals surface area contributed by atoms with Gasteiger partial charge in [0.2, 0.25) is 0 Å². The zero-order valence-electron chi connectivity index (χ0n) is 15.2. The van der Waals surface area contributed by atoms with Crippen LogP contribution in [0.1, 0.15) is 0 Å². The molecule has 0 fully saturated rings. The molecule has 4 rings (SSSR count). The standard InChI is InChI=1S/C24H19ClO2/c1-26-23-12-4-3-7-21(23)19-10-5-9-18-17(19)8-6-11-20(18)22-14-13-16(25)15-24(22)27-2/h3-15H,1-2H3. The molecular formula is C24H19ClO2. The van der Waals surface area contributed by atoms with Crippen molar-refractivity contribution in [1.29, 1.82) is 0 Å². The first-order valence-electron chi connectivity index (χ1n) is 8.72. The average Bonchev–Trinajstić information content (AvgIpc) is 2.73. The van der Waals surface area contributed by atoms with Crippen molar-refractivity contribution < 1.29 is 9.47 Å². The second-order valence-corrected chi connectivity index (χ2v) is 6.69. The molecule has 4 aromatic rings. The van der Waals surface area contributed by atoms with Gasteiger partial charge in [-0.25, -0.2) is 0 Å². The fraction of sp³-hybridized carbons (Fsp3) is 0.0833. The summed E-state index contributed by atoms with van der Waals surface area (Å²) in [6.07, 6.45) is 0. The summed E-state index contributed by atoms with van der Waals surface area (Å²) >= 11 is 6.15. The van der Waals surface area contributed by atoms with Crippen molar-refractivity contribution in [2.75, 3.05) is 14.2 Å². The van der Waals surface area contributed by atoms with Gasteiger partial charge in [-0.15, -0.1) is 0 Å².